The number of hydrogen-bond donors (Lipinski definition) is 1. The maximum Gasteiger partial charge on any atom is 0.303 e. The number of ketones is 1. The van der Waals surface area contributed by atoms with E-state index in [0.29, 0.717) is 6.42 Å². The SMILES string of the molecule is C=CCC1C=CC(=O)C([C@@H](OC(C)=O)C2OC(CC(C)(COC(C)=O)OC(C)=O)C(OCc3ccccc3)C2O)O1. The Labute approximate surface area is 239 Å². The zero-order valence-electron chi connectivity index (χ0n) is 23.7. The first kappa shape index (κ1) is 32.1. The van der Waals surface area contributed by atoms with Gasteiger partial charge in [0.25, 0.3) is 0 Å². The van der Waals surface area contributed by atoms with Crippen LogP contribution in [0.15, 0.2) is 55.1 Å². The van der Waals surface area contributed by atoms with Gasteiger partial charge in [0.2, 0.25) is 0 Å². The van der Waals surface area contributed by atoms with Crippen molar-refractivity contribution >= 4 is 23.7 Å². The van der Waals surface area contributed by atoms with Crippen molar-refractivity contribution < 1.29 is 52.7 Å². The number of benzene rings is 1. The average molecular weight is 575 g/mol. The van der Waals surface area contributed by atoms with Gasteiger partial charge >= 0.3 is 17.9 Å². The minimum absolute atomic E-state index is 0.0574. The zero-order chi connectivity index (χ0) is 30.2. The third-order valence-electron chi connectivity index (χ3n) is 6.66. The molecule has 7 unspecified atom stereocenters. The fourth-order valence-electron chi connectivity index (χ4n) is 4.96. The number of esters is 3. The molecule has 1 aromatic rings. The fourth-order valence-corrected chi connectivity index (χ4v) is 4.96. The Bertz CT molecular complexity index is 1120. The number of carbonyl (C=O) groups excluding carboxylic acids is 4. The molecule has 0 bridgehead atoms. The van der Waals surface area contributed by atoms with Crippen molar-refractivity contribution in [2.24, 2.45) is 0 Å². The predicted molar refractivity (Wildman–Crippen MR) is 144 cm³/mol. The highest BCUT2D eigenvalue weighted by Crippen LogP contribution is 2.36. The molecule has 2 aliphatic rings. The van der Waals surface area contributed by atoms with Gasteiger partial charge in [-0.2, -0.15) is 0 Å². The maximum atomic E-state index is 12.9. The second-order valence-corrected chi connectivity index (χ2v) is 10.4. The number of aliphatic hydroxyl groups excluding tert-OH is 1. The molecule has 11 nitrogen and oxygen atoms in total. The second kappa shape index (κ2) is 14.5. The Kier molecular flexibility index (Phi) is 11.4. The first-order valence-electron chi connectivity index (χ1n) is 13.4. The predicted octanol–water partition coefficient (Wildman–Crippen LogP) is 2.38. The average Bonchev–Trinajstić information content (AvgIpc) is 3.20. The molecular formula is C30H38O11. The molecule has 224 valence electrons. The minimum Gasteiger partial charge on any atom is -0.462 e. The summed E-state index contributed by atoms with van der Waals surface area (Å²) in [6, 6.07) is 9.23. The molecule has 3 rings (SSSR count). The van der Waals surface area contributed by atoms with Gasteiger partial charge in [-0.1, -0.05) is 42.5 Å². The van der Waals surface area contributed by atoms with Crippen LogP contribution in [0.2, 0.25) is 0 Å². The zero-order valence-corrected chi connectivity index (χ0v) is 23.7. The lowest BCUT2D eigenvalue weighted by Gasteiger charge is -2.34. The van der Waals surface area contributed by atoms with Gasteiger partial charge < -0.3 is 33.5 Å². The number of rotatable bonds is 13. The van der Waals surface area contributed by atoms with Gasteiger partial charge in [-0.3, -0.25) is 19.2 Å². The molecule has 1 saturated heterocycles. The molecule has 11 heteroatoms. The first-order chi connectivity index (χ1) is 19.4. The Morgan fingerprint density at radius 2 is 1.80 bits per heavy atom. The summed E-state index contributed by atoms with van der Waals surface area (Å²) >= 11 is 0. The van der Waals surface area contributed by atoms with Crippen LogP contribution in [-0.2, 0) is 54.2 Å². The van der Waals surface area contributed by atoms with Gasteiger partial charge in [0, 0.05) is 27.2 Å². The Morgan fingerprint density at radius 1 is 1.10 bits per heavy atom. The molecule has 41 heavy (non-hydrogen) atoms. The topological polar surface area (TPSA) is 144 Å². The molecule has 2 aliphatic heterocycles. The van der Waals surface area contributed by atoms with Crippen molar-refractivity contribution in [2.75, 3.05) is 6.61 Å². The van der Waals surface area contributed by atoms with Gasteiger partial charge in [-0.15, -0.1) is 6.58 Å². The van der Waals surface area contributed by atoms with Crippen LogP contribution in [0.3, 0.4) is 0 Å². The highest BCUT2D eigenvalue weighted by atomic mass is 16.6. The van der Waals surface area contributed by atoms with E-state index in [1.165, 1.54) is 26.8 Å². The van der Waals surface area contributed by atoms with Crippen molar-refractivity contribution in [1.82, 2.24) is 0 Å². The van der Waals surface area contributed by atoms with Crippen LogP contribution in [0.1, 0.15) is 46.1 Å². The first-order valence-corrected chi connectivity index (χ1v) is 13.4. The lowest BCUT2D eigenvalue weighted by Crippen LogP contribution is -2.52. The summed E-state index contributed by atoms with van der Waals surface area (Å²) in [5.41, 5.74) is -0.527. The molecule has 1 aromatic carbocycles. The normalized spacial score (nSPS) is 27.9. The lowest BCUT2D eigenvalue weighted by molar-refractivity contribution is -0.187. The van der Waals surface area contributed by atoms with E-state index in [1.807, 2.05) is 30.3 Å². The smallest absolute Gasteiger partial charge is 0.303 e. The van der Waals surface area contributed by atoms with E-state index in [4.69, 9.17) is 28.4 Å². The molecule has 1 N–H and O–H groups in total. The van der Waals surface area contributed by atoms with Crippen LogP contribution in [-0.4, -0.2) is 83.7 Å². The van der Waals surface area contributed by atoms with Crippen LogP contribution in [0.5, 0.6) is 0 Å². The van der Waals surface area contributed by atoms with Crippen molar-refractivity contribution in [3.05, 3.63) is 60.7 Å². The van der Waals surface area contributed by atoms with E-state index in [1.54, 1.807) is 19.1 Å². The van der Waals surface area contributed by atoms with Crippen LogP contribution in [0.25, 0.3) is 0 Å². The third kappa shape index (κ3) is 9.06. The Hall–Kier alpha value is -3.38. The molecule has 2 heterocycles. The summed E-state index contributed by atoms with van der Waals surface area (Å²) in [4.78, 5) is 48.5. The number of hydrogen-bond acceptors (Lipinski definition) is 11. The van der Waals surface area contributed by atoms with E-state index in [-0.39, 0.29) is 19.6 Å². The van der Waals surface area contributed by atoms with Crippen molar-refractivity contribution in [3.63, 3.8) is 0 Å². The second-order valence-electron chi connectivity index (χ2n) is 10.4. The van der Waals surface area contributed by atoms with Gasteiger partial charge in [-0.05, 0) is 25.0 Å². The Balaban J connectivity index is 1.94. The third-order valence-corrected chi connectivity index (χ3v) is 6.66. The summed E-state index contributed by atoms with van der Waals surface area (Å²) in [5, 5.41) is 11.5. The summed E-state index contributed by atoms with van der Waals surface area (Å²) in [5.74, 6) is -2.36. The molecule has 8 atom stereocenters. The van der Waals surface area contributed by atoms with E-state index in [9.17, 15) is 24.3 Å². The van der Waals surface area contributed by atoms with Gasteiger partial charge in [0.15, 0.2) is 18.0 Å². The number of ether oxygens (including phenoxy) is 6. The van der Waals surface area contributed by atoms with E-state index >= 15 is 0 Å². The molecule has 0 spiro atoms. The van der Waals surface area contributed by atoms with Crippen molar-refractivity contribution in [1.29, 1.82) is 0 Å². The molecule has 0 saturated carbocycles. The Morgan fingerprint density at radius 3 is 2.41 bits per heavy atom. The van der Waals surface area contributed by atoms with E-state index < -0.39 is 72.0 Å². The lowest BCUT2D eigenvalue weighted by atomic mass is 9.92. The monoisotopic (exact) mass is 574 g/mol. The van der Waals surface area contributed by atoms with Crippen molar-refractivity contribution in [2.45, 2.75) is 95.5 Å². The van der Waals surface area contributed by atoms with Gasteiger partial charge in [-0.25, -0.2) is 0 Å². The highest BCUT2D eigenvalue weighted by molar-refractivity contribution is 5.95. The van der Waals surface area contributed by atoms with Gasteiger partial charge in [0.1, 0.15) is 30.5 Å². The molecule has 1 fully saturated rings. The summed E-state index contributed by atoms with van der Waals surface area (Å²) in [6.07, 6.45) is -2.75. The molecule has 0 radical (unpaired) electrons. The number of carbonyl (C=O) groups is 4. The summed E-state index contributed by atoms with van der Waals surface area (Å²) < 4.78 is 34.5. The number of aliphatic hydroxyl groups is 1. The molecule has 0 amide bonds. The van der Waals surface area contributed by atoms with Crippen LogP contribution in [0, 0.1) is 0 Å². The van der Waals surface area contributed by atoms with E-state index in [0.717, 1.165) is 5.56 Å². The molecule has 0 aromatic heterocycles. The summed E-state index contributed by atoms with van der Waals surface area (Å²) in [6.45, 7) is 8.71. The molecule has 0 aliphatic carbocycles. The van der Waals surface area contributed by atoms with Crippen LogP contribution in [0.4, 0.5) is 0 Å². The summed E-state index contributed by atoms with van der Waals surface area (Å²) in [7, 11) is 0. The quantitative estimate of drug-likeness (QED) is 0.211. The molecular weight excluding hydrogens is 536 g/mol. The fraction of sp³-hybridized carbons (Fsp3) is 0.533. The van der Waals surface area contributed by atoms with Crippen LogP contribution < -0.4 is 0 Å². The van der Waals surface area contributed by atoms with E-state index in [2.05, 4.69) is 6.58 Å². The maximum absolute atomic E-state index is 12.9. The standard InChI is InChI=1S/C30H38O11/c1-6-10-22-13-14-23(34)26(39-22)29(38-19(3)32)28-25(35)27(36-16-21-11-8-7-9-12-21)24(40-28)15-30(5,41-20(4)33)17-37-18(2)31/h6-9,11-14,22,24-29,35H,1,10,15-17H2,2-5H3/t22?,24?,25?,26?,27?,28?,29-,30?/m1/s1. The largest absolute Gasteiger partial charge is 0.462 e. The highest BCUT2D eigenvalue weighted by Gasteiger charge is 2.54. The minimum atomic E-state index is -1.39. The van der Waals surface area contributed by atoms with Crippen molar-refractivity contribution in [3.8, 4) is 0 Å². The van der Waals surface area contributed by atoms with Crippen LogP contribution >= 0.6 is 0 Å². The van der Waals surface area contributed by atoms with Gasteiger partial charge in [0.05, 0.1) is 18.8 Å².